The lowest BCUT2D eigenvalue weighted by Crippen LogP contribution is -2.24. The zero-order valence-electron chi connectivity index (χ0n) is 9.63. The number of rotatable bonds is 4. The molecule has 1 aliphatic rings. The van der Waals surface area contributed by atoms with Crippen molar-refractivity contribution < 1.29 is 14.6 Å². The summed E-state index contributed by atoms with van der Waals surface area (Å²) in [6.07, 6.45) is 3.72. The Kier molecular flexibility index (Phi) is 5.45. The first-order valence-corrected chi connectivity index (χ1v) is 5.78. The predicted octanol–water partition coefficient (Wildman–Crippen LogP) is 0.992. The van der Waals surface area contributed by atoms with E-state index in [0.717, 1.165) is 25.7 Å². The fourth-order valence-corrected chi connectivity index (χ4v) is 2.00. The Morgan fingerprint density at radius 3 is 2.24 bits per heavy atom. The molecular formula is C12H16N2O3. The number of esters is 1. The quantitative estimate of drug-likeness (QED) is 0.734. The minimum absolute atomic E-state index is 0.220. The van der Waals surface area contributed by atoms with Gasteiger partial charge in [0.15, 0.2) is 0 Å². The van der Waals surface area contributed by atoms with Crippen molar-refractivity contribution in [3.63, 3.8) is 0 Å². The topological polar surface area (TPSA) is 94.1 Å². The highest BCUT2D eigenvalue weighted by atomic mass is 16.5. The molecule has 1 saturated carbocycles. The molecule has 0 aromatic heterocycles. The smallest absolute Gasteiger partial charge is 0.338 e. The van der Waals surface area contributed by atoms with Crippen LogP contribution in [0.4, 0.5) is 0 Å². The van der Waals surface area contributed by atoms with Gasteiger partial charge in [0.25, 0.3) is 0 Å². The lowest BCUT2D eigenvalue weighted by atomic mass is 9.83. The van der Waals surface area contributed by atoms with Gasteiger partial charge >= 0.3 is 5.97 Å². The van der Waals surface area contributed by atoms with E-state index in [1.54, 1.807) is 12.1 Å². The van der Waals surface area contributed by atoms with Crippen molar-refractivity contribution >= 4 is 5.97 Å². The third-order valence-corrected chi connectivity index (χ3v) is 3.18. The van der Waals surface area contributed by atoms with Gasteiger partial charge in [0.2, 0.25) is 5.92 Å². The second kappa shape index (κ2) is 6.88. The summed E-state index contributed by atoms with van der Waals surface area (Å²) in [4.78, 5) is 11.3. The molecule has 92 valence electrons. The third kappa shape index (κ3) is 4.05. The molecule has 1 fully saturated rings. The standard InChI is InChI=1S/C12H16N2O3/c13-5-11(6-14)12(16)17-8-10-3-1-9(7-15)2-4-10/h9-11,15H,1-4,7-8H2. The summed E-state index contributed by atoms with van der Waals surface area (Å²) in [6.45, 7) is 0.494. The van der Waals surface area contributed by atoms with Crippen molar-refractivity contribution in [2.75, 3.05) is 13.2 Å². The molecule has 0 radical (unpaired) electrons. The Hall–Kier alpha value is -1.59. The van der Waals surface area contributed by atoms with Crippen molar-refractivity contribution in [3.8, 4) is 12.1 Å². The Balaban J connectivity index is 2.27. The number of nitrogens with zero attached hydrogens (tertiary/aromatic N) is 2. The van der Waals surface area contributed by atoms with Crippen molar-refractivity contribution in [2.45, 2.75) is 25.7 Å². The Morgan fingerprint density at radius 1 is 1.24 bits per heavy atom. The van der Waals surface area contributed by atoms with Crippen LogP contribution in [0, 0.1) is 40.4 Å². The van der Waals surface area contributed by atoms with Gasteiger partial charge in [-0.05, 0) is 37.5 Å². The molecule has 0 amide bonds. The van der Waals surface area contributed by atoms with Gasteiger partial charge in [0.1, 0.15) is 0 Å². The predicted molar refractivity (Wildman–Crippen MR) is 58.2 cm³/mol. The van der Waals surface area contributed by atoms with Crippen molar-refractivity contribution in [3.05, 3.63) is 0 Å². The second-order valence-corrected chi connectivity index (χ2v) is 4.39. The zero-order chi connectivity index (χ0) is 12.7. The number of carbonyl (C=O) groups excluding carboxylic acids is 1. The van der Waals surface area contributed by atoms with Crippen molar-refractivity contribution in [2.24, 2.45) is 17.8 Å². The Labute approximate surface area is 101 Å². The van der Waals surface area contributed by atoms with Crippen LogP contribution in [0.3, 0.4) is 0 Å². The maximum absolute atomic E-state index is 11.3. The van der Waals surface area contributed by atoms with Gasteiger partial charge in [-0.25, -0.2) is 4.79 Å². The maximum atomic E-state index is 11.3. The van der Waals surface area contributed by atoms with E-state index >= 15 is 0 Å². The zero-order valence-corrected chi connectivity index (χ0v) is 9.63. The molecule has 0 spiro atoms. The number of hydrogen-bond acceptors (Lipinski definition) is 5. The van der Waals surface area contributed by atoms with E-state index in [-0.39, 0.29) is 13.2 Å². The molecule has 1 N–H and O–H groups in total. The SMILES string of the molecule is N#CC(C#N)C(=O)OCC1CCC(CO)CC1. The number of aliphatic hydroxyl groups excluding tert-OH is 1. The molecule has 5 nitrogen and oxygen atoms in total. The van der Waals surface area contributed by atoms with Gasteiger partial charge in [-0.2, -0.15) is 10.5 Å². The molecule has 0 atom stereocenters. The molecule has 0 saturated heterocycles. The molecule has 1 aliphatic carbocycles. The van der Waals surface area contributed by atoms with Gasteiger partial charge in [-0.3, -0.25) is 0 Å². The summed E-state index contributed by atoms with van der Waals surface area (Å²) < 4.78 is 4.95. The van der Waals surface area contributed by atoms with Crippen LogP contribution in [-0.2, 0) is 9.53 Å². The lowest BCUT2D eigenvalue weighted by molar-refractivity contribution is -0.146. The summed E-state index contributed by atoms with van der Waals surface area (Å²) in [5.41, 5.74) is 0. The van der Waals surface area contributed by atoms with Crippen LogP contribution in [0.2, 0.25) is 0 Å². The average Bonchev–Trinajstić information content (AvgIpc) is 2.38. The fourth-order valence-electron chi connectivity index (χ4n) is 2.00. The van der Waals surface area contributed by atoms with E-state index in [1.165, 1.54) is 0 Å². The van der Waals surface area contributed by atoms with Crippen molar-refractivity contribution in [1.82, 2.24) is 0 Å². The van der Waals surface area contributed by atoms with E-state index in [0.29, 0.717) is 11.8 Å². The fraction of sp³-hybridized carbons (Fsp3) is 0.750. The number of nitriles is 2. The molecule has 0 aromatic rings. The average molecular weight is 236 g/mol. The van der Waals surface area contributed by atoms with Crippen LogP contribution in [0.15, 0.2) is 0 Å². The molecule has 0 aromatic carbocycles. The van der Waals surface area contributed by atoms with E-state index in [9.17, 15) is 4.79 Å². The lowest BCUT2D eigenvalue weighted by Gasteiger charge is -2.26. The van der Waals surface area contributed by atoms with Crippen LogP contribution >= 0.6 is 0 Å². The summed E-state index contributed by atoms with van der Waals surface area (Å²) in [7, 11) is 0. The summed E-state index contributed by atoms with van der Waals surface area (Å²) >= 11 is 0. The third-order valence-electron chi connectivity index (χ3n) is 3.18. The first-order valence-electron chi connectivity index (χ1n) is 5.78. The first-order chi connectivity index (χ1) is 8.21. The minimum Gasteiger partial charge on any atom is -0.464 e. The van der Waals surface area contributed by atoms with Crippen LogP contribution < -0.4 is 0 Å². The summed E-state index contributed by atoms with van der Waals surface area (Å²) in [6, 6.07) is 3.17. The van der Waals surface area contributed by atoms with E-state index < -0.39 is 11.9 Å². The minimum atomic E-state index is -1.32. The number of carbonyl (C=O) groups is 1. The van der Waals surface area contributed by atoms with Gasteiger partial charge < -0.3 is 9.84 Å². The van der Waals surface area contributed by atoms with E-state index in [4.69, 9.17) is 20.4 Å². The summed E-state index contributed by atoms with van der Waals surface area (Å²) in [5, 5.41) is 26.0. The van der Waals surface area contributed by atoms with E-state index in [2.05, 4.69) is 0 Å². The van der Waals surface area contributed by atoms with Gasteiger partial charge in [0.05, 0.1) is 18.7 Å². The largest absolute Gasteiger partial charge is 0.464 e. The molecule has 17 heavy (non-hydrogen) atoms. The normalized spacial score (nSPS) is 23.8. The molecule has 0 unspecified atom stereocenters. The first kappa shape index (κ1) is 13.5. The highest BCUT2D eigenvalue weighted by molar-refractivity contribution is 5.78. The van der Waals surface area contributed by atoms with E-state index in [1.807, 2.05) is 0 Å². The van der Waals surface area contributed by atoms with Crippen LogP contribution in [-0.4, -0.2) is 24.3 Å². The maximum Gasteiger partial charge on any atom is 0.338 e. The molecular weight excluding hydrogens is 220 g/mol. The number of ether oxygens (including phenoxy) is 1. The molecule has 1 rings (SSSR count). The molecule has 5 heteroatoms. The highest BCUT2D eigenvalue weighted by Crippen LogP contribution is 2.28. The summed E-state index contributed by atoms with van der Waals surface area (Å²) in [5.74, 6) is -1.41. The highest BCUT2D eigenvalue weighted by Gasteiger charge is 2.24. The van der Waals surface area contributed by atoms with Crippen LogP contribution in [0.25, 0.3) is 0 Å². The molecule has 0 bridgehead atoms. The number of aliphatic hydroxyl groups is 1. The van der Waals surface area contributed by atoms with Gasteiger partial charge in [0, 0.05) is 6.61 Å². The molecule has 0 aliphatic heterocycles. The Bertz CT molecular complexity index is 321. The van der Waals surface area contributed by atoms with Gasteiger partial charge in [-0.15, -0.1) is 0 Å². The second-order valence-electron chi connectivity index (χ2n) is 4.39. The van der Waals surface area contributed by atoms with Crippen LogP contribution in [0.1, 0.15) is 25.7 Å². The van der Waals surface area contributed by atoms with Crippen LogP contribution in [0.5, 0.6) is 0 Å². The monoisotopic (exact) mass is 236 g/mol. The molecule has 0 heterocycles. The van der Waals surface area contributed by atoms with Gasteiger partial charge in [-0.1, -0.05) is 0 Å². The number of hydrogen-bond donors (Lipinski definition) is 1. The Morgan fingerprint density at radius 2 is 1.76 bits per heavy atom. The van der Waals surface area contributed by atoms with Crippen molar-refractivity contribution in [1.29, 1.82) is 10.5 Å².